The number of azo groups is 1. The molecule has 1 N–H and O–H groups in total. The summed E-state index contributed by atoms with van der Waals surface area (Å²) in [6, 6.07) is 15.5. The van der Waals surface area contributed by atoms with Gasteiger partial charge in [-0.05, 0) is 18.2 Å². The number of halogens is 1. The summed E-state index contributed by atoms with van der Waals surface area (Å²) in [5, 5.41) is 18.4. The first-order valence-electron chi connectivity index (χ1n) is 7.22. The van der Waals surface area contributed by atoms with Crippen LogP contribution in [0.25, 0.3) is 0 Å². The number of fused-ring (bicyclic) bond motifs is 3. The van der Waals surface area contributed by atoms with Gasteiger partial charge in [-0.2, -0.15) is 5.11 Å². The number of nitrogens with zero attached hydrogens (tertiary/aromatic N) is 4. The highest BCUT2D eigenvalue weighted by Gasteiger charge is 2.31. The quantitative estimate of drug-likeness (QED) is 0.917. The van der Waals surface area contributed by atoms with E-state index in [9.17, 15) is 5.11 Å². The zero-order valence-corrected chi connectivity index (χ0v) is 12.9. The van der Waals surface area contributed by atoms with Crippen LogP contribution in [0.3, 0.4) is 0 Å². The molecule has 0 amide bonds. The van der Waals surface area contributed by atoms with Gasteiger partial charge in [0.05, 0.1) is 24.2 Å². The van der Waals surface area contributed by atoms with E-state index >= 15 is 0 Å². The molecule has 0 radical (unpaired) electrons. The molecule has 23 heavy (non-hydrogen) atoms. The van der Waals surface area contributed by atoms with E-state index in [0.29, 0.717) is 10.8 Å². The molecule has 2 aliphatic rings. The van der Waals surface area contributed by atoms with Crippen molar-refractivity contribution in [3.8, 4) is 0 Å². The summed E-state index contributed by atoms with van der Waals surface area (Å²) >= 11 is 6.21. The predicted octanol–water partition coefficient (Wildman–Crippen LogP) is 3.58. The van der Waals surface area contributed by atoms with Gasteiger partial charge in [-0.3, -0.25) is 9.89 Å². The van der Waals surface area contributed by atoms with Crippen LogP contribution in [0.1, 0.15) is 11.1 Å². The Kier molecular flexibility index (Phi) is 3.44. The fourth-order valence-corrected chi connectivity index (χ4v) is 2.97. The van der Waals surface area contributed by atoms with E-state index in [1.165, 1.54) is 0 Å². The van der Waals surface area contributed by atoms with E-state index in [4.69, 9.17) is 11.6 Å². The molecule has 0 saturated carbocycles. The van der Waals surface area contributed by atoms with Gasteiger partial charge in [0.1, 0.15) is 0 Å². The van der Waals surface area contributed by atoms with Gasteiger partial charge in [0.25, 0.3) is 0 Å². The fraction of sp³-hybridized carbons (Fsp3) is 0.118. The fourth-order valence-electron chi connectivity index (χ4n) is 2.79. The third-order valence-corrected chi connectivity index (χ3v) is 4.07. The Bertz CT molecular complexity index is 845. The Morgan fingerprint density at radius 3 is 2.74 bits per heavy atom. The number of anilines is 1. The summed E-state index contributed by atoms with van der Waals surface area (Å²) in [6.45, 7) is -0.121. The molecular weight excluding hydrogens is 312 g/mol. The summed E-state index contributed by atoms with van der Waals surface area (Å²) < 4.78 is 0. The summed E-state index contributed by atoms with van der Waals surface area (Å²) in [5.41, 5.74) is 3.58. The molecule has 1 atom stereocenters. The van der Waals surface area contributed by atoms with Crippen molar-refractivity contribution < 1.29 is 5.11 Å². The highest BCUT2D eigenvalue weighted by Crippen LogP contribution is 2.36. The monoisotopic (exact) mass is 324 g/mol. The molecule has 0 aromatic heterocycles. The van der Waals surface area contributed by atoms with Gasteiger partial charge in [0.15, 0.2) is 12.0 Å². The van der Waals surface area contributed by atoms with E-state index < -0.39 is 6.17 Å². The number of hydrogen-bond acceptors (Lipinski definition) is 5. The minimum atomic E-state index is -0.438. The number of aliphatic hydroxyl groups is 1. The van der Waals surface area contributed by atoms with Crippen molar-refractivity contribution in [2.75, 3.05) is 11.5 Å². The molecule has 2 aliphatic heterocycles. The molecule has 4 rings (SSSR count). The average molecular weight is 325 g/mol. The maximum atomic E-state index is 9.57. The largest absolute Gasteiger partial charge is 0.392 e. The third-order valence-electron chi connectivity index (χ3n) is 3.83. The lowest BCUT2D eigenvalue weighted by Gasteiger charge is -2.24. The standard InChI is InChI=1S/C17H13ClN4O/c18-12-6-7-14-13(8-12)17(11-4-2-1-3-5-11)19-9-15-20-21-16(10-23)22(14)15/h1-9,16,23H,10H2. The molecule has 6 heteroatoms. The van der Waals surface area contributed by atoms with Crippen LogP contribution in [0.15, 0.2) is 75.8 Å². The van der Waals surface area contributed by atoms with Gasteiger partial charge in [-0.1, -0.05) is 41.9 Å². The molecule has 5 nitrogen and oxygen atoms in total. The third kappa shape index (κ3) is 2.34. The van der Waals surface area contributed by atoms with Crippen LogP contribution in [-0.4, -0.2) is 23.6 Å². The predicted molar refractivity (Wildman–Crippen MR) is 89.8 cm³/mol. The molecule has 0 bridgehead atoms. The lowest BCUT2D eigenvalue weighted by Crippen LogP contribution is -2.32. The van der Waals surface area contributed by atoms with Gasteiger partial charge in [-0.25, -0.2) is 0 Å². The SMILES string of the molecule is OCC1N=NC2=CN=C(c3ccccc3)c3cc(Cl)ccc3N21. The first kappa shape index (κ1) is 14.1. The first-order valence-corrected chi connectivity index (χ1v) is 7.60. The number of rotatable bonds is 2. The summed E-state index contributed by atoms with van der Waals surface area (Å²) in [6.07, 6.45) is 1.24. The zero-order valence-electron chi connectivity index (χ0n) is 12.1. The highest BCUT2D eigenvalue weighted by molar-refractivity contribution is 6.31. The Hall–Kier alpha value is -2.50. The Balaban J connectivity index is 1.94. The van der Waals surface area contributed by atoms with Gasteiger partial charge >= 0.3 is 0 Å². The van der Waals surface area contributed by atoms with Crippen molar-refractivity contribution in [1.29, 1.82) is 0 Å². The lowest BCUT2D eigenvalue weighted by molar-refractivity contribution is 0.269. The number of hydrogen-bond donors (Lipinski definition) is 1. The van der Waals surface area contributed by atoms with Crippen molar-refractivity contribution in [1.82, 2.24) is 0 Å². The molecule has 0 spiro atoms. The van der Waals surface area contributed by atoms with Crippen LogP contribution in [0.5, 0.6) is 0 Å². The second-order valence-electron chi connectivity index (χ2n) is 5.24. The van der Waals surface area contributed by atoms with Crippen LogP contribution in [0.4, 0.5) is 5.69 Å². The van der Waals surface area contributed by atoms with Gasteiger partial charge in [-0.15, -0.1) is 5.11 Å². The van der Waals surface area contributed by atoms with Crippen molar-refractivity contribution in [2.24, 2.45) is 15.2 Å². The molecule has 1 unspecified atom stereocenters. The van der Waals surface area contributed by atoms with Crippen LogP contribution < -0.4 is 4.90 Å². The zero-order chi connectivity index (χ0) is 15.8. The smallest absolute Gasteiger partial charge is 0.175 e. The first-order chi connectivity index (χ1) is 11.3. The van der Waals surface area contributed by atoms with Crippen molar-refractivity contribution >= 4 is 23.0 Å². The Labute approximate surface area is 138 Å². The molecule has 2 aromatic carbocycles. The van der Waals surface area contributed by atoms with Crippen LogP contribution in [0, 0.1) is 0 Å². The van der Waals surface area contributed by atoms with Gasteiger partial charge in [0, 0.05) is 16.1 Å². The Morgan fingerprint density at radius 1 is 1.13 bits per heavy atom. The molecule has 0 saturated heterocycles. The van der Waals surface area contributed by atoms with Crippen LogP contribution in [-0.2, 0) is 0 Å². The minimum absolute atomic E-state index is 0.121. The maximum Gasteiger partial charge on any atom is 0.175 e. The van der Waals surface area contributed by atoms with E-state index in [2.05, 4.69) is 15.2 Å². The Morgan fingerprint density at radius 2 is 1.96 bits per heavy atom. The van der Waals surface area contributed by atoms with Crippen molar-refractivity contribution in [3.05, 3.63) is 76.7 Å². The number of aliphatic imine (C=N–C) groups is 1. The molecule has 2 heterocycles. The summed E-state index contributed by atoms with van der Waals surface area (Å²) in [4.78, 5) is 6.49. The molecular formula is C17H13ClN4O. The molecule has 0 aliphatic carbocycles. The second kappa shape index (κ2) is 5.61. The minimum Gasteiger partial charge on any atom is -0.392 e. The van der Waals surface area contributed by atoms with E-state index in [1.807, 2.05) is 53.4 Å². The highest BCUT2D eigenvalue weighted by atomic mass is 35.5. The average Bonchev–Trinajstić information content (AvgIpc) is 2.92. The van der Waals surface area contributed by atoms with Crippen molar-refractivity contribution in [3.63, 3.8) is 0 Å². The number of aliphatic hydroxyl groups excluding tert-OH is 1. The normalized spacial score (nSPS) is 18.9. The van der Waals surface area contributed by atoms with Crippen molar-refractivity contribution in [2.45, 2.75) is 6.17 Å². The lowest BCUT2D eigenvalue weighted by atomic mass is 10.00. The van der Waals surface area contributed by atoms with Crippen LogP contribution >= 0.6 is 11.6 Å². The maximum absolute atomic E-state index is 9.57. The second-order valence-corrected chi connectivity index (χ2v) is 5.68. The number of benzene rings is 2. The topological polar surface area (TPSA) is 60.6 Å². The van der Waals surface area contributed by atoms with Gasteiger partial charge < -0.3 is 5.11 Å². The van der Waals surface area contributed by atoms with E-state index in [-0.39, 0.29) is 6.61 Å². The van der Waals surface area contributed by atoms with E-state index in [0.717, 1.165) is 22.5 Å². The van der Waals surface area contributed by atoms with Gasteiger partial charge in [0.2, 0.25) is 0 Å². The summed E-state index contributed by atoms with van der Waals surface area (Å²) in [7, 11) is 0. The molecule has 2 aromatic rings. The molecule has 114 valence electrons. The summed E-state index contributed by atoms with van der Waals surface area (Å²) in [5.74, 6) is 0.610. The van der Waals surface area contributed by atoms with E-state index in [1.54, 1.807) is 6.20 Å². The molecule has 0 fully saturated rings. The van der Waals surface area contributed by atoms with Crippen LogP contribution in [0.2, 0.25) is 5.02 Å².